The third-order valence-electron chi connectivity index (χ3n) is 2.41. The highest BCUT2D eigenvalue weighted by atomic mass is 32.1. The van der Waals surface area contributed by atoms with E-state index in [0.29, 0.717) is 16.4 Å². The Morgan fingerprint density at radius 1 is 1.15 bits per heavy atom. The Balaban J connectivity index is 2.03. The Morgan fingerprint density at radius 3 is 2.50 bits per heavy atom. The number of anilines is 1. The summed E-state index contributed by atoms with van der Waals surface area (Å²) in [7, 11) is 0. The summed E-state index contributed by atoms with van der Waals surface area (Å²) in [5.74, 6) is -0.479. The summed E-state index contributed by atoms with van der Waals surface area (Å²) in [5.41, 5.74) is 0.864. The Labute approximate surface area is 121 Å². The van der Waals surface area contributed by atoms with Gasteiger partial charge in [-0.25, -0.2) is 4.98 Å². The zero-order valence-electron chi connectivity index (χ0n) is 11.2. The highest BCUT2D eigenvalue weighted by molar-refractivity contribution is 7.14. The van der Waals surface area contributed by atoms with Crippen molar-refractivity contribution in [1.29, 1.82) is 0 Å². The van der Waals surface area contributed by atoms with Crippen LogP contribution in [0, 0.1) is 0 Å². The standard InChI is InChI=1S/C14H15N3O2S/c1-9(2)15-13(19)11-8-20-14(16-11)17-12(18)10-6-4-3-5-7-10/h3-9H,1-2H3,(H,15,19)(H,16,17,18). The number of aromatic nitrogens is 1. The highest BCUT2D eigenvalue weighted by Gasteiger charge is 2.13. The second-order valence-corrected chi connectivity index (χ2v) is 5.34. The summed E-state index contributed by atoms with van der Waals surface area (Å²) in [6, 6.07) is 8.90. The molecule has 0 saturated carbocycles. The minimum absolute atomic E-state index is 0.0477. The van der Waals surface area contributed by atoms with Crippen molar-refractivity contribution in [2.75, 3.05) is 5.32 Å². The monoisotopic (exact) mass is 289 g/mol. The SMILES string of the molecule is CC(C)NC(=O)c1csc(NC(=O)c2ccccc2)n1. The van der Waals surface area contributed by atoms with E-state index in [1.165, 1.54) is 11.3 Å². The lowest BCUT2D eigenvalue weighted by Gasteiger charge is -2.05. The van der Waals surface area contributed by atoms with Gasteiger partial charge in [0.1, 0.15) is 5.69 Å². The van der Waals surface area contributed by atoms with Crippen molar-refractivity contribution in [3.05, 3.63) is 47.0 Å². The van der Waals surface area contributed by atoms with Crippen LogP contribution in [0.4, 0.5) is 5.13 Å². The van der Waals surface area contributed by atoms with Gasteiger partial charge in [0.15, 0.2) is 5.13 Å². The van der Waals surface area contributed by atoms with Gasteiger partial charge in [-0.1, -0.05) is 18.2 Å². The number of carbonyl (C=O) groups is 2. The topological polar surface area (TPSA) is 71.1 Å². The fourth-order valence-corrected chi connectivity index (χ4v) is 2.22. The van der Waals surface area contributed by atoms with Gasteiger partial charge in [-0.3, -0.25) is 14.9 Å². The molecule has 0 radical (unpaired) electrons. The molecular weight excluding hydrogens is 274 g/mol. The lowest BCUT2D eigenvalue weighted by molar-refractivity contribution is 0.0937. The van der Waals surface area contributed by atoms with Gasteiger partial charge in [-0.05, 0) is 26.0 Å². The van der Waals surface area contributed by atoms with Gasteiger partial charge >= 0.3 is 0 Å². The maximum absolute atomic E-state index is 11.9. The lowest BCUT2D eigenvalue weighted by Crippen LogP contribution is -2.30. The first-order valence-corrected chi connectivity index (χ1v) is 7.07. The fraction of sp³-hybridized carbons (Fsp3) is 0.214. The zero-order chi connectivity index (χ0) is 14.5. The molecule has 2 rings (SSSR count). The number of nitrogens with one attached hydrogen (secondary N) is 2. The van der Waals surface area contributed by atoms with Crippen molar-refractivity contribution in [3.8, 4) is 0 Å². The average Bonchev–Trinajstić information content (AvgIpc) is 2.87. The van der Waals surface area contributed by atoms with E-state index in [0.717, 1.165) is 0 Å². The Kier molecular flexibility index (Phi) is 4.47. The fourth-order valence-electron chi connectivity index (χ4n) is 1.53. The molecule has 104 valence electrons. The van der Waals surface area contributed by atoms with E-state index in [1.54, 1.807) is 29.6 Å². The Morgan fingerprint density at radius 2 is 1.85 bits per heavy atom. The third-order valence-corrected chi connectivity index (χ3v) is 3.17. The molecule has 20 heavy (non-hydrogen) atoms. The van der Waals surface area contributed by atoms with Crippen LogP contribution in [0.5, 0.6) is 0 Å². The van der Waals surface area contributed by atoms with Gasteiger partial charge in [0.2, 0.25) is 0 Å². The molecule has 0 bridgehead atoms. The lowest BCUT2D eigenvalue weighted by atomic mass is 10.2. The summed E-state index contributed by atoms with van der Waals surface area (Å²) in [6.45, 7) is 3.75. The molecule has 0 spiro atoms. The predicted octanol–water partition coefficient (Wildman–Crippen LogP) is 2.53. The van der Waals surface area contributed by atoms with Crippen LogP contribution in [0.2, 0.25) is 0 Å². The van der Waals surface area contributed by atoms with Crippen molar-refractivity contribution >= 4 is 28.3 Å². The number of carbonyl (C=O) groups excluding carboxylic acids is 2. The molecule has 0 saturated heterocycles. The van der Waals surface area contributed by atoms with Crippen LogP contribution >= 0.6 is 11.3 Å². The molecule has 6 heteroatoms. The summed E-state index contributed by atoms with van der Waals surface area (Å²) in [6.07, 6.45) is 0. The first kappa shape index (κ1) is 14.2. The maximum atomic E-state index is 11.9. The number of benzene rings is 1. The molecule has 0 aliphatic carbocycles. The van der Waals surface area contributed by atoms with E-state index in [1.807, 2.05) is 19.9 Å². The molecule has 0 fully saturated rings. The molecule has 0 unspecified atom stereocenters. The second kappa shape index (κ2) is 6.29. The first-order valence-electron chi connectivity index (χ1n) is 6.19. The van der Waals surface area contributed by atoms with Gasteiger partial charge in [0.25, 0.3) is 11.8 Å². The number of thiazole rings is 1. The van der Waals surface area contributed by atoms with Gasteiger partial charge in [0.05, 0.1) is 0 Å². The van der Waals surface area contributed by atoms with E-state index < -0.39 is 0 Å². The van der Waals surface area contributed by atoms with Crippen LogP contribution in [0.3, 0.4) is 0 Å². The predicted molar refractivity (Wildman–Crippen MR) is 79.1 cm³/mol. The Hall–Kier alpha value is -2.21. The number of nitrogens with zero attached hydrogens (tertiary/aromatic N) is 1. The van der Waals surface area contributed by atoms with Gasteiger partial charge in [-0.15, -0.1) is 11.3 Å². The van der Waals surface area contributed by atoms with Crippen LogP contribution in [0.25, 0.3) is 0 Å². The minimum Gasteiger partial charge on any atom is -0.349 e. The van der Waals surface area contributed by atoms with E-state index in [2.05, 4.69) is 15.6 Å². The Bertz CT molecular complexity index is 608. The minimum atomic E-state index is -0.240. The average molecular weight is 289 g/mol. The van der Waals surface area contributed by atoms with Crippen molar-refractivity contribution in [3.63, 3.8) is 0 Å². The van der Waals surface area contributed by atoms with Crippen LogP contribution in [-0.4, -0.2) is 22.8 Å². The van der Waals surface area contributed by atoms with Crippen molar-refractivity contribution < 1.29 is 9.59 Å². The largest absolute Gasteiger partial charge is 0.349 e. The molecule has 1 heterocycles. The third kappa shape index (κ3) is 3.64. The van der Waals surface area contributed by atoms with Gasteiger partial charge < -0.3 is 5.32 Å². The van der Waals surface area contributed by atoms with Crippen molar-refractivity contribution in [2.24, 2.45) is 0 Å². The molecule has 2 aromatic rings. The summed E-state index contributed by atoms with van der Waals surface area (Å²) in [5, 5.41) is 7.46. The molecule has 0 aliphatic heterocycles. The number of hydrogen-bond donors (Lipinski definition) is 2. The smallest absolute Gasteiger partial charge is 0.271 e. The van der Waals surface area contributed by atoms with Crippen LogP contribution in [-0.2, 0) is 0 Å². The summed E-state index contributed by atoms with van der Waals surface area (Å²) in [4.78, 5) is 27.8. The summed E-state index contributed by atoms with van der Waals surface area (Å²) < 4.78 is 0. The maximum Gasteiger partial charge on any atom is 0.271 e. The van der Waals surface area contributed by atoms with Gasteiger partial charge in [0, 0.05) is 17.0 Å². The van der Waals surface area contributed by atoms with Crippen molar-refractivity contribution in [1.82, 2.24) is 10.3 Å². The highest BCUT2D eigenvalue weighted by Crippen LogP contribution is 2.16. The van der Waals surface area contributed by atoms with Crippen LogP contribution in [0.15, 0.2) is 35.7 Å². The van der Waals surface area contributed by atoms with E-state index in [-0.39, 0.29) is 17.9 Å². The molecule has 2 N–H and O–H groups in total. The van der Waals surface area contributed by atoms with Crippen LogP contribution in [0.1, 0.15) is 34.7 Å². The quantitative estimate of drug-likeness (QED) is 0.908. The molecule has 0 aliphatic rings. The molecule has 1 aromatic heterocycles. The molecule has 1 aromatic carbocycles. The van der Waals surface area contributed by atoms with E-state index in [4.69, 9.17) is 0 Å². The van der Waals surface area contributed by atoms with E-state index >= 15 is 0 Å². The second-order valence-electron chi connectivity index (χ2n) is 4.49. The number of rotatable bonds is 4. The molecule has 2 amide bonds. The number of hydrogen-bond acceptors (Lipinski definition) is 4. The van der Waals surface area contributed by atoms with E-state index in [9.17, 15) is 9.59 Å². The van der Waals surface area contributed by atoms with Crippen LogP contribution < -0.4 is 10.6 Å². The van der Waals surface area contributed by atoms with Gasteiger partial charge in [-0.2, -0.15) is 0 Å². The molecule has 0 atom stereocenters. The molecular formula is C14H15N3O2S. The normalized spacial score (nSPS) is 10.3. The van der Waals surface area contributed by atoms with Crippen molar-refractivity contribution in [2.45, 2.75) is 19.9 Å². The summed E-state index contributed by atoms with van der Waals surface area (Å²) >= 11 is 1.22. The zero-order valence-corrected chi connectivity index (χ0v) is 12.0. The molecule has 5 nitrogen and oxygen atoms in total. The number of amides is 2. The first-order chi connectivity index (χ1) is 9.56.